The van der Waals surface area contributed by atoms with Crippen LogP contribution in [-0.2, 0) is 11.4 Å². The molecule has 3 rings (SSSR count). The SMILES string of the molecule is CON(C)C[C@H](O)Cn1cc(NC(=O)c2ccccc2C(=O)c2ccc(F)cc2)cn1. The Morgan fingerprint density at radius 1 is 1.19 bits per heavy atom. The van der Waals surface area contributed by atoms with E-state index in [0.29, 0.717) is 5.69 Å². The molecule has 0 unspecified atom stereocenters. The molecule has 0 radical (unpaired) electrons. The number of nitrogens with one attached hydrogen (secondary N) is 1. The van der Waals surface area contributed by atoms with E-state index in [1.807, 2.05) is 0 Å². The molecule has 0 spiro atoms. The summed E-state index contributed by atoms with van der Waals surface area (Å²) >= 11 is 0. The van der Waals surface area contributed by atoms with E-state index in [2.05, 4.69) is 10.4 Å². The lowest BCUT2D eigenvalue weighted by molar-refractivity contribution is -0.129. The van der Waals surface area contributed by atoms with Gasteiger partial charge in [-0.15, -0.1) is 0 Å². The van der Waals surface area contributed by atoms with E-state index in [9.17, 15) is 19.1 Å². The van der Waals surface area contributed by atoms with Crippen molar-refractivity contribution in [2.75, 3.05) is 26.0 Å². The predicted octanol–water partition coefficient (Wildman–Crippen LogP) is 2.36. The lowest BCUT2D eigenvalue weighted by atomic mass is 9.98. The van der Waals surface area contributed by atoms with Crippen LogP contribution in [0.1, 0.15) is 26.3 Å². The number of carbonyl (C=O) groups is 2. The number of hydrogen-bond donors (Lipinski definition) is 2. The van der Waals surface area contributed by atoms with Crippen molar-refractivity contribution < 1.29 is 23.9 Å². The molecule has 1 atom stereocenters. The summed E-state index contributed by atoms with van der Waals surface area (Å²) in [7, 11) is 3.20. The number of carbonyl (C=O) groups excluding carboxylic acids is 2. The maximum absolute atomic E-state index is 13.2. The van der Waals surface area contributed by atoms with Gasteiger partial charge in [0.15, 0.2) is 5.78 Å². The molecule has 0 aliphatic carbocycles. The topological polar surface area (TPSA) is 96.7 Å². The average Bonchev–Trinajstić information content (AvgIpc) is 3.19. The van der Waals surface area contributed by atoms with Crippen LogP contribution in [0.4, 0.5) is 10.1 Å². The third-order valence-electron chi connectivity index (χ3n) is 4.59. The quantitative estimate of drug-likeness (QED) is 0.403. The Hall–Kier alpha value is -3.40. The van der Waals surface area contributed by atoms with E-state index in [4.69, 9.17) is 4.84 Å². The number of amides is 1. The predicted molar refractivity (Wildman–Crippen MR) is 112 cm³/mol. The van der Waals surface area contributed by atoms with Crippen LogP contribution in [-0.4, -0.2) is 58.4 Å². The summed E-state index contributed by atoms with van der Waals surface area (Å²) in [6, 6.07) is 11.6. The Labute approximate surface area is 178 Å². The maximum atomic E-state index is 13.2. The molecular formula is C22H23FN4O4. The summed E-state index contributed by atoms with van der Waals surface area (Å²) in [5.41, 5.74) is 1.09. The van der Waals surface area contributed by atoms with E-state index >= 15 is 0 Å². The summed E-state index contributed by atoms with van der Waals surface area (Å²) in [5, 5.41) is 18.4. The van der Waals surface area contributed by atoms with Crippen LogP contribution in [0.25, 0.3) is 0 Å². The molecule has 1 heterocycles. The van der Waals surface area contributed by atoms with Crippen LogP contribution in [0.5, 0.6) is 0 Å². The van der Waals surface area contributed by atoms with E-state index in [1.165, 1.54) is 47.3 Å². The summed E-state index contributed by atoms with van der Waals surface area (Å²) in [6.07, 6.45) is 2.32. The molecule has 8 nitrogen and oxygen atoms in total. The zero-order valence-electron chi connectivity index (χ0n) is 17.2. The molecule has 0 bridgehead atoms. The number of likely N-dealkylation sites (N-methyl/N-ethyl adjacent to an activating group) is 1. The van der Waals surface area contributed by atoms with Crippen LogP contribution >= 0.6 is 0 Å². The Morgan fingerprint density at radius 3 is 2.55 bits per heavy atom. The fourth-order valence-corrected chi connectivity index (χ4v) is 3.01. The number of halogens is 1. The van der Waals surface area contributed by atoms with E-state index in [1.54, 1.807) is 37.5 Å². The van der Waals surface area contributed by atoms with Crippen molar-refractivity contribution in [3.63, 3.8) is 0 Å². The van der Waals surface area contributed by atoms with Gasteiger partial charge in [0, 0.05) is 24.4 Å². The number of hydrogen-bond acceptors (Lipinski definition) is 6. The molecule has 2 N–H and O–H groups in total. The van der Waals surface area contributed by atoms with Gasteiger partial charge in [-0.05, 0) is 30.3 Å². The zero-order chi connectivity index (χ0) is 22.4. The Kier molecular flexibility index (Phi) is 7.24. The monoisotopic (exact) mass is 426 g/mol. The normalized spacial score (nSPS) is 12.0. The van der Waals surface area contributed by atoms with Crippen molar-refractivity contribution in [3.8, 4) is 0 Å². The number of nitrogens with zero attached hydrogens (tertiary/aromatic N) is 3. The van der Waals surface area contributed by atoms with Crippen LogP contribution in [0.15, 0.2) is 60.9 Å². The highest BCUT2D eigenvalue weighted by Gasteiger charge is 2.19. The number of anilines is 1. The van der Waals surface area contributed by atoms with Gasteiger partial charge in [-0.3, -0.25) is 14.3 Å². The highest BCUT2D eigenvalue weighted by molar-refractivity contribution is 6.17. The number of rotatable bonds is 9. The number of benzene rings is 2. The summed E-state index contributed by atoms with van der Waals surface area (Å²) in [5.74, 6) is -1.31. The number of aromatic nitrogens is 2. The van der Waals surface area contributed by atoms with Gasteiger partial charge in [0.1, 0.15) is 5.82 Å². The Bertz CT molecular complexity index is 1050. The molecule has 0 aliphatic heterocycles. The first kappa shape index (κ1) is 22.3. The van der Waals surface area contributed by atoms with E-state index in [-0.39, 0.29) is 35.6 Å². The standard InChI is InChI=1S/C22H23FN4O4/c1-26(31-2)13-18(28)14-27-12-17(11-24-27)25-22(30)20-6-4-3-5-19(20)21(29)15-7-9-16(23)10-8-15/h3-12,18,28H,13-14H2,1-2H3,(H,25,30)/t18-/m0/s1. The number of aliphatic hydroxyl groups is 1. The lowest BCUT2D eigenvalue weighted by Crippen LogP contribution is -2.31. The smallest absolute Gasteiger partial charge is 0.256 e. The van der Waals surface area contributed by atoms with Crippen LogP contribution < -0.4 is 5.32 Å². The first-order chi connectivity index (χ1) is 14.9. The highest BCUT2D eigenvalue weighted by Crippen LogP contribution is 2.17. The van der Waals surface area contributed by atoms with Crippen molar-refractivity contribution >= 4 is 17.4 Å². The zero-order valence-corrected chi connectivity index (χ0v) is 17.2. The molecule has 0 fully saturated rings. The number of hydroxylamine groups is 2. The molecule has 2 aromatic carbocycles. The molecule has 3 aromatic rings. The van der Waals surface area contributed by atoms with Gasteiger partial charge in [0.2, 0.25) is 0 Å². The average molecular weight is 426 g/mol. The van der Waals surface area contributed by atoms with Crippen LogP contribution in [0.3, 0.4) is 0 Å². The van der Waals surface area contributed by atoms with Crippen molar-refractivity contribution in [2.45, 2.75) is 12.6 Å². The molecule has 0 saturated heterocycles. The fraction of sp³-hybridized carbons (Fsp3) is 0.227. The fourth-order valence-electron chi connectivity index (χ4n) is 3.01. The second-order valence-electron chi connectivity index (χ2n) is 6.93. The van der Waals surface area contributed by atoms with E-state index in [0.717, 1.165) is 0 Å². The Morgan fingerprint density at radius 2 is 1.87 bits per heavy atom. The Balaban J connectivity index is 1.71. The maximum Gasteiger partial charge on any atom is 0.256 e. The van der Waals surface area contributed by atoms with Crippen LogP contribution in [0.2, 0.25) is 0 Å². The number of aliphatic hydroxyl groups excluding tert-OH is 1. The molecule has 1 aromatic heterocycles. The first-order valence-corrected chi connectivity index (χ1v) is 9.53. The molecule has 0 aliphatic rings. The first-order valence-electron chi connectivity index (χ1n) is 9.53. The minimum absolute atomic E-state index is 0.186. The van der Waals surface area contributed by atoms with E-state index < -0.39 is 17.8 Å². The molecule has 1 amide bonds. The third-order valence-corrected chi connectivity index (χ3v) is 4.59. The van der Waals surface area contributed by atoms with Crippen molar-refractivity contribution in [1.82, 2.24) is 14.8 Å². The summed E-state index contributed by atoms with van der Waals surface area (Å²) in [4.78, 5) is 30.6. The van der Waals surface area contributed by atoms with Crippen LogP contribution in [0, 0.1) is 5.82 Å². The summed E-state index contributed by atoms with van der Waals surface area (Å²) < 4.78 is 14.7. The largest absolute Gasteiger partial charge is 0.390 e. The van der Waals surface area contributed by atoms with Gasteiger partial charge in [-0.2, -0.15) is 10.2 Å². The summed E-state index contributed by atoms with van der Waals surface area (Å²) in [6.45, 7) is 0.500. The van der Waals surface area contributed by atoms with Gasteiger partial charge in [-0.25, -0.2) is 4.39 Å². The second kappa shape index (κ2) is 10.1. The number of ketones is 1. The molecular weight excluding hydrogens is 403 g/mol. The molecule has 0 saturated carbocycles. The van der Waals surface area contributed by atoms with Crippen molar-refractivity contribution in [2.24, 2.45) is 0 Å². The van der Waals surface area contributed by atoms with Crippen molar-refractivity contribution in [1.29, 1.82) is 0 Å². The molecule has 162 valence electrons. The molecule has 9 heteroatoms. The molecule has 31 heavy (non-hydrogen) atoms. The highest BCUT2D eigenvalue weighted by atomic mass is 19.1. The van der Waals surface area contributed by atoms with Gasteiger partial charge in [0.05, 0.1) is 43.8 Å². The minimum atomic E-state index is -0.720. The van der Waals surface area contributed by atoms with Gasteiger partial charge in [0.25, 0.3) is 5.91 Å². The van der Waals surface area contributed by atoms with Crippen molar-refractivity contribution in [3.05, 3.63) is 83.4 Å². The second-order valence-corrected chi connectivity index (χ2v) is 6.93. The lowest BCUT2D eigenvalue weighted by Gasteiger charge is -2.17. The van der Waals surface area contributed by atoms with Gasteiger partial charge >= 0.3 is 0 Å². The van der Waals surface area contributed by atoms with Gasteiger partial charge in [-0.1, -0.05) is 18.2 Å². The van der Waals surface area contributed by atoms with Gasteiger partial charge < -0.3 is 15.3 Å². The minimum Gasteiger partial charge on any atom is -0.390 e. The third kappa shape index (κ3) is 5.82.